The molecule has 0 aromatic rings. The molecule has 2 N–H and O–H groups in total. The van der Waals surface area contributed by atoms with Crippen LogP contribution in [0.2, 0.25) is 0 Å². The van der Waals surface area contributed by atoms with Crippen LogP contribution in [-0.4, -0.2) is 30.0 Å². The molecule has 0 aromatic heterocycles. The highest BCUT2D eigenvalue weighted by Crippen LogP contribution is 2.19. The summed E-state index contributed by atoms with van der Waals surface area (Å²) in [6, 6.07) is 0. The third kappa shape index (κ3) is 1.40. The Kier molecular flexibility index (Phi) is 1.73. The second kappa shape index (κ2) is 2.23. The van der Waals surface area contributed by atoms with Gasteiger partial charge in [-0.2, -0.15) is 0 Å². The van der Waals surface area contributed by atoms with Crippen LogP contribution < -0.4 is 5.32 Å². The highest BCUT2D eigenvalue weighted by Gasteiger charge is 2.34. The van der Waals surface area contributed by atoms with Gasteiger partial charge in [0.15, 0.2) is 0 Å². The number of nitrogens with one attached hydrogen (secondary N) is 1. The molecule has 3 heteroatoms. The van der Waals surface area contributed by atoms with Crippen LogP contribution in [0.15, 0.2) is 0 Å². The van der Waals surface area contributed by atoms with Gasteiger partial charge in [0.25, 0.3) is 0 Å². The van der Waals surface area contributed by atoms with E-state index in [-0.39, 0.29) is 6.54 Å². The second-order valence-corrected chi connectivity index (χ2v) is 2.78. The molecular formula is C6H12FNO. The molecule has 2 nitrogen and oxygen atoms in total. The lowest BCUT2D eigenvalue weighted by Crippen LogP contribution is -2.49. The molecule has 0 bridgehead atoms. The minimum atomic E-state index is -1.11. The number of hydrogen-bond donors (Lipinski definition) is 2. The third-order valence-corrected chi connectivity index (χ3v) is 1.81. The number of rotatable bonds is 0. The summed E-state index contributed by atoms with van der Waals surface area (Å²) < 4.78 is 12.6. The average molecular weight is 133 g/mol. The van der Waals surface area contributed by atoms with Crippen LogP contribution in [0.4, 0.5) is 4.39 Å². The molecule has 0 saturated carbocycles. The van der Waals surface area contributed by atoms with Crippen LogP contribution in [0.5, 0.6) is 0 Å². The molecule has 2 atom stereocenters. The number of alkyl halides is 1. The summed E-state index contributed by atoms with van der Waals surface area (Å²) >= 11 is 0. The van der Waals surface area contributed by atoms with Gasteiger partial charge in [-0.3, -0.25) is 0 Å². The van der Waals surface area contributed by atoms with E-state index in [1.165, 1.54) is 0 Å². The zero-order chi connectivity index (χ0) is 6.91. The Balaban J connectivity index is 2.49. The van der Waals surface area contributed by atoms with Crippen LogP contribution in [0, 0.1) is 0 Å². The summed E-state index contributed by atoms with van der Waals surface area (Å²) in [5.41, 5.74) is -1.09. The summed E-state index contributed by atoms with van der Waals surface area (Å²) in [7, 11) is 0. The van der Waals surface area contributed by atoms with Crippen molar-refractivity contribution in [1.82, 2.24) is 5.32 Å². The lowest BCUT2D eigenvalue weighted by Gasteiger charge is -2.31. The molecule has 1 fully saturated rings. The molecule has 1 aliphatic heterocycles. The summed E-state index contributed by atoms with van der Waals surface area (Å²) in [5.74, 6) is 0. The van der Waals surface area contributed by atoms with Gasteiger partial charge in [0.1, 0.15) is 6.17 Å². The number of aliphatic hydroxyl groups is 1. The first-order valence-corrected chi connectivity index (χ1v) is 3.20. The first-order chi connectivity index (χ1) is 4.13. The summed E-state index contributed by atoms with van der Waals surface area (Å²) in [6.45, 7) is 2.54. The molecule has 1 saturated heterocycles. The van der Waals surface area contributed by atoms with Crippen LogP contribution in [0.25, 0.3) is 0 Å². The maximum atomic E-state index is 12.6. The van der Waals surface area contributed by atoms with Crippen molar-refractivity contribution in [2.24, 2.45) is 0 Å². The van der Waals surface area contributed by atoms with Crippen molar-refractivity contribution in [3.05, 3.63) is 0 Å². The predicted octanol–water partition coefficient (Wildman–Crippen LogP) is 0.0688. The standard InChI is InChI=1S/C6H12FNO/c1-6(9)2-3-8-4-5(6)7/h5,8-9H,2-4H2,1H3/t5?,6-/m0/s1. The van der Waals surface area contributed by atoms with Crippen molar-refractivity contribution >= 4 is 0 Å². The van der Waals surface area contributed by atoms with E-state index in [2.05, 4.69) is 5.32 Å². The molecule has 1 unspecified atom stereocenters. The van der Waals surface area contributed by atoms with Crippen LogP contribution in [0.1, 0.15) is 13.3 Å². The molecule has 0 aliphatic carbocycles. The third-order valence-electron chi connectivity index (χ3n) is 1.81. The Labute approximate surface area is 54.1 Å². The monoisotopic (exact) mass is 133 g/mol. The van der Waals surface area contributed by atoms with Crippen molar-refractivity contribution < 1.29 is 9.50 Å². The van der Waals surface area contributed by atoms with Crippen LogP contribution in [0.3, 0.4) is 0 Å². The fourth-order valence-corrected chi connectivity index (χ4v) is 0.947. The minimum absolute atomic E-state index is 0.285. The topological polar surface area (TPSA) is 32.3 Å². The van der Waals surface area contributed by atoms with E-state index in [0.717, 1.165) is 0 Å². The van der Waals surface area contributed by atoms with E-state index in [1.54, 1.807) is 6.92 Å². The van der Waals surface area contributed by atoms with Crippen molar-refractivity contribution in [1.29, 1.82) is 0 Å². The number of halogens is 1. The molecule has 1 aliphatic rings. The van der Waals surface area contributed by atoms with Gasteiger partial charge in [0, 0.05) is 6.54 Å². The van der Waals surface area contributed by atoms with E-state index in [4.69, 9.17) is 0 Å². The van der Waals surface area contributed by atoms with Gasteiger partial charge >= 0.3 is 0 Å². The lowest BCUT2D eigenvalue weighted by atomic mass is 9.93. The van der Waals surface area contributed by atoms with Crippen molar-refractivity contribution in [3.8, 4) is 0 Å². The fraction of sp³-hybridized carbons (Fsp3) is 1.00. The molecule has 1 heterocycles. The molecule has 0 radical (unpaired) electrons. The Hall–Kier alpha value is -0.150. The van der Waals surface area contributed by atoms with Crippen molar-refractivity contribution in [3.63, 3.8) is 0 Å². The Morgan fingerprint density at radius 1 is 1.78 bits per heavy atom. The summed E-state index contributed by atoms with van der Waals surface area (Å²) in [5, 5.41) is 12.1. The highest BCUT2D eigenvalue weighted by atomic mass is 19.1. The molecule has 0 aromatic carbocycles. The van der Waals surface area contributed by atoms with Gasteiger partial charge < -0.3 is 10.4 Å². The van der Waals surface area contributed by atoms with E-state index in [9.17, 15) is 9.50 Å². The van der Waals surface area contributed by atoms with Gasteiger partial charge in [-0.15, -0.1) is 0 Å². The quantitative estimate of drug-likeness (QED) is 0.490. The largest absolute Gasteiger partial charge is 0.387 e. The minimum Gasteiger partial charge on any atom is -0.387 e. The van der Waals surface area contributed by atoms with Crippen LogP contribution in [-0.2, 0) is 0 Å². The lowest BCUT2D eigenvalue weighted by molar-refractivity contribution is -0.0394. The van der Waals surface area contributed by atoms with Crippen molar-refractivity contribution in [2.75, 3.05) is 13.1 Å². The van der Waals surface area contributed by atoms with Gasteiger partial charge in [0.2, 0.25) is 0 Å². The molecule has 9 heavy (non-hydrogen) atoms. The molecule has 0 spiro atoms. The summed E-state index contributed by atoms with van der Waals surface area (Å²) in [4.78, 5) is 0. The zero-order valence-electron chi connectivity index (χ0n) is 5.52. The normalized spacial score (nSPS) is 45.0. The number of hydrogen-bond acceptors (Lipinski definition) is 2. The highest BCUT2D eigenvalue weighted by molar-refractivity contribution is 4.88. The zero-order valence-corrected chi connectivity index (χ0v) is 5.52. The maximum Gasteiger partial charge on any atom is 0.141 e. The average Bonchev–Trinajstić information content (AvgIpc) is 1.77. The van der Waals surface area contributed by atoms with Gasteiger partial charge in [0.05, 0.1) is 5.60 Å². The Morgan fingerprint density at radius 3 is 2.78 bits per heavy atom. The molecule has 1 rings (SSSR count). The molecule has 0 amide bonds. The van der Waals surface area contributed by atoms with Crippen LogP contribution >= 0.6 is 0 Å². The first kappa shape index (κ1) is 6.96. The first-order valence-electron chi connectivity index (χ1n) is 3.20. The van der Waals surface area contributed by atoms with E-state index in [0.29, 0.717) is 13.0 Å². The predicted molar refractivity (Wildman–Crippen MR) is 33.0 cm³/mol. The van der Waals surface area contributed by atoms with Gasteiger partial charge in [-0.1, -0.05) is 0 Å². The van der Waals surface area contributed by atoms with Crippen molar-refractivity contribution in [2.45, 2.75) is 25.1 Å². The second-order valence-electron chi connectivity index (χ2n) is 2.78. The summed E-state index contributed by atoms with van der Waals surface area (Å²) in [6.07, 6.45) is -0.597. The van der Waals surface area contributed by atoms with Gasteiger partial charge in [-0.05, 0) is 19.9 Å². The van der Waals surface area contributed by atoms with E-state index in [1.807, 2.05) is 0 Å². The molecule has 54 valence electrons. The fourth-order valence-electron chi connectivity index (χ4n) is 0.947. The number of piperidine rings is 1. The SMILES string of the molecule is C[C@]1(O)CCNCC1F. The smallest absolute Gasteiger partial charge is 0.141 e. The molecular weight excluding hydrogens is 121 g/mol. The Bertz CT molecular complexity index is 105. The Morgan fingerprint density at radius 2 is 2.44 bits per heavy atom. The van der Waals surface area contributed by atoms with Gasteiger partial charge in [-0.25, -0.2) is 4.39 Å². The van der Waals surface area contributed by atoms with E-state index >= 15 is 0 Å². The maximum absolute atomic E-state index is 12.6. The van der Waals surface area contributed by atoms with E-state index < -0.39 is 11.8 Å².